The first-order valence-corrected chi connectivity index (χ1v) is 9.47. The zero-order valence-electron chi connectivity index (χ0n) is 13.6. The minimum absolute atomic E-state index is 0.114. The number of carbonyl (C=O) groups excluding carboxylic acids is 2. The van der Waals surface area contributed by atoms with Gasteiger partial charge in [0.15, 0.2) is 16.4 Å². The van der Waals surface area contributed by atoms with E-state index in [2.05, 4.69) is 5.32 Å². The van der Waals surface area contributed by atoms with E-state index in [1.165, 1.54) is 24.3 Å². The average molecular weight is 382 g/mol. The highest BCUT2D eigenvalue weighted by Gasteiger charge is 2.20. The summed E-state index contributed by atoms with van der Waals surface area (Å²) in [6.45, 7) is 1.24. The molecule has 1 amide bonds. The summed E-state index contributed by atoms with van der Waals surface area (Å²) in [7, 11) is -3.59. The average Bonchev–Trinajstić information content (AvgIpc) is 2.55. The molecule has 0 radical (unpaired) electrons. The van der Waals surface area contributed by atoms with E-state index >= 15 is 0 Å². The molecule has 2 aromatic rings. The molecule has 25 heavy (non-hydrogen) atoms. The first-order chi connectivity index (χ1) is 11.7. The quantitative estimate of drug-likeness (QED) is 0.804. The van der Waals surface area contributed by atoms with E-state index in [1.807, 2.05) is 0 Å². The van der Waals surface area contributed by atoms with Crippen molar-refractivity contribution >= 4 is 39.0 Å². The Morgan fingerprint density at radius 2 is 1.84 bits per heavy atom. The van der Waals surface area contributed by atoms with Crippen LogP contribution < -0.4 is 5.32 Å². The first-order valence-electron chi connectivity index (χ1n) is 7.20. The van der Waals surface area contributed by atoms with Crippen LogP contribution in [-0.2, 0) is 19.4 Å². The predicted octanol–water partition coefficient (Wildman–Crippen LogP) is 2.85. The molecule has 0 aliphatic rings. The molecule has 132 valence electrons. The lowest BCUT2D eigenvalue weighted by molar-refractivity contribution is -0.119. The largest absolute Gasteiger partial charge is 0.452 e. The van der Waals surface area contributed by atoms with Gasteiger partial charge in [-0.25, -0.2) is 13.2 Å². The maximum Gasteiger partial charge on any atom is 0.339 e. The summed E-state index contributed by atoms with van der Waals surface area (Å²) in [6, 6.07) is 10.7. The van der Waals surface area contributed by atoms with Crippen molar-refractivity contribution in [3.8, 4) is 0 Å². The van der Waals surface area contributed by atoms with Gasteiger partial charge in [-0.2, -0.15) is 0 Å². The van der Waals surface area contributed by atoms with Crippen LogP contribution >= 0.6 is 11.6 Å². The molecule has 8 heteroatoms. The summed E-state index contributed by atoms with van der Waals surface area (Å²) >= 11 is 5.87. The minimum Gasteiger partial charge on any atom is -0.452 e. The Morgan fingerprint density at radius 1 is 1.16 bits per heavy atom. The van der Waals surface area contributed by atoms with Gasteiger partial charge in [-0.15, -0.1) is 0 Å². The Kier molecular flexibility index (Phi) is 5.81. The fourth-order valence-electron chi connectivity index (χ4n) is 2.08. The van der Waals surface area contributed by atoms with Gasteiger partial charge in [-0.05, 0) is 36.8 Å². The van der Waals surface area contributed by atoms with Gasteiger partial charge in [0.2, 0.25) is 0 Å². The number of carbonyl (C=O) groups is 2. The number of nitrogens with one attached hydrogen (secondary N) is 1. The molecule has 0 saturated heterocycles. The van der Waals surface area contributed by atoms with Crippen LogP contribution in [0, 0.1) is 6.92 Å². The van der Waals surface area contributed by atoms with E-state index in [4.69, 9.17) is 16.3 Å². The van der Waals surface area contributed by atoms with Gasteiger partial charge in [0.05, 0.1) is 10.5 Å². The number of sulfone groups is 1. The fourth-order valence-corrected chi connectivity index (χ4v) is 3.13. The summed E-state index contributed by atoms with van der Waals surface area (Å²) in [5.74, 6) is -1.45. The number of hydrogen-bond acceptors (Lipinski definition) is 5. The van der Waals surface area contributed by atoms with Gasteiger partial charge in [0.25, 0.3) is 5.91 Å². The SMILES string of the molecule is Cc1ccc(Cl)cc1NC(=O)COC(=O)c1ccccc1S(C)(=O)=O. The van der Waals surface area contributed by atoms with E-state index in [1.54, 1.807) is 25.1 Å². The highest BCUT2D eigenvalue weighted by atomic mass is 35.5. The molecule has 0 spiro atoms. The van der Waals surface area contributed by atoms with Gasteiger partial charge in [-0.3, -0.25) is 4.79 Å². The fraction of sp³-hybridized carbons (Fsp3) is 0.176. The van der Waals surface area contributed by atoms with Crippen molar-refractivity contribution in [2.45, 2.75) is 11.8 Å². The monoisotopic (exact) mass is 381 g/mol. The molecule has 0 saturated carbocycles. The number of hydrogen-bond donors (Lipinski definition) is 1. The molecule has 6 nitrogen and oxygen atoms in total. The molecule has 0 bridgehead atoms. The highest BCUT2D eigenvalue weighted by molar-refractivity contribution is 7.90. The Hall–Kier alpha value is -2.38. The lowest BCUT2D eigenvalue weighted by Crippen LogP contribution is -2.22. The summed E-state index contributed by atoms with van der Waals surface area (Å²) in [4.78, 5) is 23.9. The van der Waals surface area contributed by atoms with Gasteiger partial charge in [0, 0.05) is 17.0 Å². The number of aryl methyl sites for hydroxylation is 1. The number of ether oxygens (including phenoxy) is 1. The molecular weight excluding hydrogens is 366 g/mol. The van der Waals surface area contributed by atoms with Gasteiger partial charge >= 0.3 is 5.97 Å². The minimum atomic E-state index is -3.59. The van der Waals surface area contributed by atoms with Crippen molar-refractivity contribution in [3.63, 3.8) is 0 Å². The second-order valence-electron chi connectivity index (χ2n) is 5.35. The molecule has 0 fully saturated rings. The number of anilines is 1. The topological polar surface area (TPSA) is 89.5 Å². The van der Waals surface area contributed by atoms with Crippen molar-refractivity contribution in [2.75, 3.05) is 18.2 Å². The molecule has 0 aliphatic carbocycles. The van der Waals surface area contributed by atoms with Crippen LogP contribution in [0.5, 0.6) is 0 Å². The van der Waals surface area contributed by atoms with Crippen molar-refractivity contribution in [2.24, 2.45) is 0 Å². The highest BCUT2D eigenvalue weighted by Crippen LogP contribution is 2.20. The van der Waals surface area contributed by atoms with E-state index in [0.717, 1.165) is 11.8 Å². The molecule has 0 unspecified atom stereocenters. The predicted molar refractivity (Wildman–Crippen MR) is 94.7 cm³/mol. The standard InChI is InChI=1S/C17H16ClNO5S/c1-11-7-8-12(18)9-14(11)19-16(20)10-24-17(21)13-5-3-4-6-15(13)25(2,22)23/h3-9H,10H2,1-2H3,(H,19,20). The van der Waals surface area contributed by atoms with E-state index in [9.17, 15) is 18.0 Å². The van der Waals surface area contributed by atoms with Crippen LogP contribution in [-0.4, -0.2) is 33.2 Å². The molecule has 0 atom stereocenters. The Balaban J connectivity index is 2.06. The normalized spacial score (nSPS) is 11.0. The van der Waals surface area contributed by atoms with E-state index < -0.39 is 28.3 Å². The Morgan fingerprint density at radius 3 is 2.52 bits per heavy atom. The lowest BCUT2D eigenvalue weighted by atomic mass is 10.2. The molecule has 0 aromatic heterocycles. The summed E-state index contributed by atoms with van der Waals surface area (Å²) < 4.78 is 28.3. The second-order valence-corrected chi connectivity index (χ2v) is 7.77. The number of esters is 1. The third-order valence-corrected chi connectivity index (χ3v) is 4.70. The molecule has 0 heterocycles. The van der Waals surface area contributed by atoms with Crippen molar-refractivity contribution in [1.29, 1.82) is 0 Å². The summed E-state index contributed by atoms with van der Waals surface area (Å²) in [6.07, 6.45) is 0.994. The van der Waals surface area contributed by atoms with Gasteiger partial charge in [0.1, 0.15) is 0 Å². The maximum absolute atomic E-state index is 12.1. The first kappa shape index (κ1) is 19.0. The number of benzene rings is 2. The molecule has 1 N–H and O–H groups in total. The van der Waals surface area contributed by atoms with Crippen molar-refractivity contribution in [1.82, 2.24) is 0 Å². The number of halogens is 1. The lowest BCUT2D eigenvalue weighted by Gasteiger charge is -2.10. The molecule has 2 rings (SSSR count). The van der Waals surface area contributed by atoms with Crippen LogP contribution in [0.4, 0.5) is 5.69 Å². The van der Waals surface area contributed by atoms with Crippen LogP contribution in [0.1, 0.15) is 15.9 Å². The molecular formula is C17H16ClNO5S. The van der Waals surface area contributed by atoms with Crippen LogP contribution in [0.3, 0.4) is 0 Å². The molecule has 2 aromatic carbocycles. The van der Waals surface area contributed by atoms with Crippen LogP contribution in [0.15, 0.2) is 47.4 Å². The van der Waals surface area contributed by atoms with Gasteiger partial charge in [-0.1, -0.05) is 29.8 Å². The zero-order valence-corrected chi connectivity index (χ0v) is 15.1. The Labute approximate surface area is 150 Å². The molecule has 0 aliphatic heterocycles. The third kappa shape index (κ3) is 5.04. The van der Waals surface area contributed by atoms with Crippen molar-refractivity contribution in [3.05, 3.63) is 58.6 Å². The number of amides is 1. The number of rotatable bonds is 5. The maximum atomic E-state index is 12.1. The Bertz CT molecular complexity index is 924. The van der Waals surface area contributed by atoms with Crippen molar-refractivity contribution < 1.29 is 22.7 Å². The van der Waals surface area contributed by atoms with Gasteiger partial charge < -0.3 is 10.1 Å². The second kappa shape index (κ2) is 7.67. The summed E-state index contributed by atoms with van der Waals surface area (Å²) in [5.41, 5.74) is 1.19. The summed E-state index contributed by atoms with van der Waals surface area (Å²) in [5, 5.41) is 3.04. The smallest absolute Gasteiger partial charge is 0.339 e. The van der Waals surface area contributed by atoms with Crippen LogP contribution in [0.25, 0.3) is 0 Å². The zero-order chi connectivity index (χ0) is 18.6. The van der Waals surface area contributed by atoms with E-state index in [0.29, 0.717) is 10.7 Å². The van der Waals surface area contributed by atoms with Crippen LogP contribution in [0.2, 0.25) is 5.02 Å². The van der Waals surface area contributed by atoms with E-state index in [-0.39, 0.29) is 10.5 Å². The third-order valence-electron chi connectivity index (χ3n) is 3.31.